The van der Waals surface area contributed by atoms with Gasteiger partial charge in [0.05, 0.1) is 0 Å². The van der Waals surface area contributed by atoms with Gasteiger partial charge in [-0.3, -0.25) is 9.69 Å². The second kappa shape index (κ2) is 7.10. The number of carbonyl (C=O) groups excluding carboxylic acids is 1. The van der Waals surface area contributed by atoms with Gasteiger partial charge in [0.25, 0.3) is 0 Å². The Hall–Kier alpha value is -0.610. The Morgan fingerprint density at radius 2 is 1.94 bits per heavy atom. The van der Waals surface area contributed by atoms with Crippen molar-refractivity contribution in [3.05, 3.63) is 0 Å². The van der Waals surface area contributed by atoms with Gasteiger partial charge < -0.3 is 10.6 Å². The summed E-state index contributed by atoms with van der Waals surface area (Å²) in [4.78, 5) is 14.2. The van der Waals surface area contributed by atoms with Crippen LogP contribution in [0.15, 0.2) is 0 Å². The molecule has 4 nitrogen and oxygen atoms in total. The predicted octanol–water partition coefficient (Wildman–Crippen LogP) is 1.08. The molecule has 1 saturated heterocycles. The second-order valence-corrected chi connectivity index (χ2v) is 6.41. The number of carbonyl (C=O) groups is 1. The second-order valence-electron chi connectivity index (χ2n) is 6.41. The lowest BCUT2D eigenvalue weighted by Gasteiger charge is -2.28. The van der Waals surface area contributed by atoms with Crippen molar-refractivity contribution in [3.8, 4) is 0 Å². The Bertz CT molecular complexity index is 254. The van der Waals surface area contributed by atoms with Gasteiger partial charge in [-0.2, -0.15) is 0 Å². The zero-order chi connectivity index (χ0) is 13.6. The first-order valence-electron chi connectivity index (χ1n) is 7.09. The Morgan fingerprint density at radius 3 is 2.50 bits per heavy atom. The predicted molar refractivity (Wildman–Crippen MR) is 75.6 cm³/mol. The fraction of sp³-hybridized carbons (Fsp3) is 0.929. The van der Waals surface area contributed by atoms with Crippen LogP contribution in [0, 0.1) is 11.3 Å². The highest BCUT2D eigenvalue weighted by Gasteiger charge is 2.22. The van der Waals surface area contributed by atoms with Crippen molar-refractivity contribution in [2.45, 2.75) is 34.1 Å². The molecule has 1 aliphatic heterocycles. The van der Waals surface area contributed by atoms with Gasteiger partial charge >= 0.3 is 0 Å². The molecule has 0 spiro atoms. The summed E-state index contributed by atoms with van der Waals surface area (Å²) < 4.78 is 0. The molecule has 1 fully saturated rings. The van der Waals surface area contributed by atoms with E-state index in [0.717, 1.165) is 39.3 Å². The maximum absolute atomic E-state index is 11.8. The lowest BCUT2D eigenvalue weighted by Crippen LogP contribution is -2.46. The Morgan fingerprint density at radius 1 is 1.33 bits per heavy atom. The maximum atomic E-state index is 11.8. The van der Waals surface area contributed by atoms with Crippen LogP contribution in [0.25, 0.3) is 0 Å². The summed E-state index contributed by atoms with van der Waals surface area (Å²) >= 11 is 0. The molecule has 4 heteroatoms. The highest BCUT2D eigenvalue weighted by atomic mass is 16.1. The molecule has 1 aliphatic rings. The summed E-state index contributed by atoms with van der Waals surface area (Å²) in [7, 11) is 0. The number of piperazine rings is 1. The molecule has 1 unspecified atom stereocenters. The molecule has 1 amide bonds. The van der Waals surface area contributed by atoms with Gasteiger partial charge in [-0.25, -0.2) is 0 Å². The molecule has 0 aromatic rings. The Kier molecular flexibility index (Phi) is 6.09. The molecule has 2 N–H and O–H groups in total. The van der Waals surface area contributed by atoms with E-state index in [1.54, 1.807) is 0 Å². The molecule has 1 atom stereocenters. The maximum Gasteiger partial charge on any atom is 0.220 e. The van der Waals surface area contributed by atoms with Crippen LogP contribution in [0.5, 0.6) is 0 Å². The highest BCUT2D eigenvalue weighted by Crippen LogP contribution is 2.27. The van der Waals surface area contributed by atoms with E-state index in [9.17, 15) is 4.79 Å². The van der Waals surface area contributed by atoms with Crippen molar-refractivity contribution in [2.24, 2.45) is 11.3 Å². The third-order valence-electron chi connectivity index (χ3n) is 3.93. The van der Waals surface area contributed by atoms with Crippen molar-refractivity contribution in [2.75, 3.05) is 39.3 Å². The van der Waals surface area contributed by atoms with Crippen LogP contribution >= 0.6 is 0 Å². The summed E-state index contributed by atoms with van der Waals surface area (Å²) in [6.45, 7) is 14.8. The number of amides is 1. The van der Waals surface area contributed by atoms with E-state index < -0.39 is 0 Å². The van der Waals surface area contributed by atoms with E-state index in [1.165, 1.54) is 0 Å². The molecule has 0 aromatic carbocycles. The standard InChI is InChI=1S/C14H29N3O/c1-12(14(2,3)4)11-13(18)16-7-10-17-8-5-15-6-9-17/h12,15H,5-11H2,1-4H3,(H,16,18). The van der Waals surface area contributed by atoms with Crippen LogP contribution in [0.4, 0.5) is 0 Å². The van der Waals surface area contributed by atoms with Crippen LogP contribution < -0.4 is 10.6 Å². The van der Waals surface area contributed by atoms with Gasteiger partial charge in [0.2, 0.25) is 5.91 Å². The average Bonchev–Trinajstić information content (AvgIpc) is 2.29. The highest BCUT2D eigenvalue weighted by molar-refractivity contribution is 5.76. The van der Waals surface area contributed by atoms with Crippen LogP contribution in [-0.2, 0) is 4.79 Å². The molecule has 18 heavy (non-hydrogen) atoms. The van der Waals surface area contributed by atoms with Crippen molar-refractivity contribution in [1.29, 1.82) is 0 Å². The topological polar surface area (TPSA) is 44.4 Å². The smallest absolute Gasteiger partial charge is 0.220 e. The van der Waals surface area contributed by atoms with Crippen molar-refractivity contribution in [3.63, 3.8) is 0 Å². The molecule has 0 saturated carbocycles. The first-order chi connectivity index (χ1) is 8.39. The van der Waals surface area contributed by atoms with Crippen molar-refractivity contribution >= 4 is 5.91 Å². The molecule has 0 radical (unpaired) electrons. The number of nitrogens with zero attached hydrogens (tertiary/aromatic N) is 1. The van der Waals surface area contributed by atoms with Gasteiger partial charge in [-0.15, -0.1) is 0 Å². The Labute approximate surface area is 111 Å². The van der Waals surface area contributed by atoms with Crippen LogP contribution in [-0.4, -0.2) is 50.1 Å². The summed E-state index contributed by atoms with van der Waals surface area (Å²) in [5.41, 5.74) is 0.204. The number of hydrogen-bond acceptors (Lipinski definition) is 3. The molecule has 106 valence electrons. The molecule has 1 rings (SSSR count). The molecular formula is C14H29N3O. The normalized spacial score (nSPS) is 19.6. The minimum Gasteiger partial charge on any atom is -0.355 e. The van der Waals surface area contributed by atoms with Gasteiger partial charge in [-0.05, 0) is 11.3 Å². The summed E-state index contributed by atoms with van der Waals surface area (Å²) in [5, 5.41) is 6.36. The van der Waals surface area contributed by atoms with E-state index in [-0.39, 0.29) is 11.3 Å². The van der Waals surface area contributed by atoms with E-state index in [1.807, 2.05) is 0 Å². The molecular weight excluding hydrogens is 226 g/mol. The molecule has 0 aromatic heterocycles. The van der Waals surface area contributed by atoms with E-state index in [2.05, 4.69) is 43.2 Å². The zero-order valence-electron chi connectivity index (χ0n) is 12.4. The summed E-state index contributed by atoms with van der Waals surface area (Å²) in [5.74, 6) is 0.601. The van der Waals surface area contributed by atoms with Crippen LogP contribution in [0.1, 0.15) is 34.1 Å². The van der Waals surface area contributed by atoms with E-state index >= 15 is 0 Å². The van der Waals surface area contributed by atoms with Crippen molar-refractivity contribution < 1.29 is 4.79 Å². The fourth-order valence-corrected chi connectivity index (χ4v) is 1.94. The quantitative estimate of drug-likeness (QED) is 0.773. The first kappa shape index (κ1) is 15.4. The Balaban J connectivity index is 2.13. The minimum absolute atomic E-state index is 0.188. The summed E-state index contributed by atoms with van der Waals surface area (Å²) in [6, 6.07) is 0. The third-order valence-corrected chi connectivity index (χ3v) is 3.93. The minimum atomic E-state index is 0.188. The zero-order valence-corrected chi connectivity index (χ0v) is 12.4. The van der Waals surface area contributed by atoms with Gasteiger partial charge in [0.15, 0.2) is 0 Å². The summed E-state index contributed by atoms with van der Waals surface area (Å²) in [6.07, 6.45) is 0.630. The molecule has 0 aliphatic carbocycles. The van der Waals surface area contributed by atoms with Crippen molar-refractivity contribution in [1.82, 2.24) is 15.5 Å². The lowest BCUT2D eigenvalue weighted by atomic mass is 9.80. The van der Waals surface area contributed by atoms with Crippen LogP contribution in [0.3, 0.4) is 0 Å². The number of nitrogens with one attached hydrogen (secondary N) is 2. The van der Waals surface area contributed by atoms with Crippen LogP contribution in [0.2, 0.25) is 0 Å². The van der Waals surface area contributed by atoms with Gasteiger partial charge in [0.1, 0.15) is 0 Å². The SMILES string of the molecule is CC(CC(=O)NCCN1CCNCC1)C(C)(C)C. The number of hydrogen-bond donors (Lipinski definition) is 2. The molecule has 0 bridgehead atoms. The first-order valence-corrected chi connectivity index (χ1v) is 7.09. The average molecular weight is 255 g/mol. The van der Waals surface area contributed by atoms with Gasteiger partial charge in [-0.1, -0.05) is 27.7 Å². The monoisotopic (exact) mass is 255 g/mol. The molecule has 1 heterocycles. The van der Waals surface area contributed by atoms with E-state index in [4.69, 9.17) is 0 Å². The largest absolute Gasteiger partial charge is 0.355 e. The number of rotatable bonds is 5. The fourth-order valence-electron chi connectivity index (χ4n) is 1.94. The lowest BCUT2D eigenvalue weighted by molar-refractivity contribution is -0.122. The third kappa shape index (κ3) is 5.83. The van der Waals surface area contributed by atoms with Gasteiger partial charge in [0, 0.05) is 45.7 Å². The van der Waals surface area contributed by atoms with E-state index in [0.29, 0.717) is 12.3 Å².